The van der Waals surface area contributed by atoms with Gasteiger partial charge in [-0.2, -0.15) is 5.48 Å². The molecule has 1 saturated carbocycles. The van der Waals surface area contributed by atoms with Gasteiger partial charge >= 0.3 is 0 Å². The van der Waals surface area contributed by atoms with Gasteiger partial charge in [-0.05, 0) is 53.6 Å². The molecular weight excluding hydrogens is 434 g/mol. The van der Waals surface area contributed by atoms with Gasteiger partial charge in [0.25, 0.3) is 0 Å². The number of hydroxylamine groups is 1. The smallest absolute Gasteiger partial charge is 0.192 e. The Morgan fingerprint density at radius 1 is 1.09 bits per heavy atom. The predicted molar refractivity (Wildman–Crippen MR) is 120 cm³/mol. The number of aliphatic hydroxyl groups excluding tert-OH is 2. The van der Waals surface area contributed by atoms with Gasteiger partial charge in [-0.3, -0.25) is 4.84 Å². The van der Waals surface area contributed by atoms with E-state index in [-0.39, 0.29) is 30.8 Å². The number of nitrogens with one attached hydrogen (secondary N) is 3. The van der Waals surface area contributed by atoms with Crippen LogP contribution in [0.25, 0.3) is 0 Å². The van der Waals surface area contributed by atoms with Gasteiger partial charge in [-0.1, -0.05) is 0 Å². The molecular formula is C21H43N5O7. The molecule has 2 aliphatic heterocycles. The molecule has 6 unspecified atom stereocenters. The fourth-order valence-corrected chi connectivity index (χ4v) is 4.94. The number of aliphatic hydroxyl groups is 3. The number of likely N-dealkylation sites (N-methyl/N-ethyl adjacent to an activating group) is 2. The second-order valence-electron chi connectivity index (χ2n) is 9.89. The van der Waals surface area contributed by atoms with Crippen LogP contribution in [-0.4, -0.2) is 109 Å². The summed E-state index contributed by atoms with van der Waals surface area (Å²) >= 11 is 0. The number of hydrogen-bond acceptors (Lipinski definition) is 12. The highest BCUT2D eigenvalue weighted by Crippen LogP contribution is 2.29. The predicted octanol–water partition coefficient (Wildman–Crippen LogP) is -2.76. The summed E-state index contributed by atoms with van der Waals surface area (Å²) < 4.78 is 17.4. The molecule has 12 heteroatoms. The fourth-order valence-electron chi connectivity index (χ4n) is 4.94. The van der Waals surface area contributed by atoms with Crippen molar-refractivity contribution in [3.8, 4) is 0 Å². The average molecular weight is 478 g/mol. The second kappa shape index (κ2) is 11.5. The summed E-state index contributed by atoms with van der Waals surface area (Å²) in [5.74, 6) is 0. The van der Waals surface area contributed by atoms with E-state index in [1.165, 1.54) is 0 Å². The van der Waals surface area contributed by atoms with Crippen molar-refractivity contribution in [2.45, 2.75) is 112 Å². The first-order valence-corrected chi connectivity index (χ1v) is 11.8. The lowest BCUT2D eigenvalue weighted by Gasteiger charge is -2.46. The molecule has 0 amide bonds. The lowest BCUT2D eigenvalue weighted by Crippen LogP contribution is -2.66. The van der Waals surface area contributed by atoms with Crippen LogP contribution < -0.4 is 27.6 Å². The standard InChI is InChI=1S/C21H43N5O7/c1-10(24-3)15-6-5-12(22)19(31-15)33-26-11-7-13(23)17(14(27)8-11)32-20-16(28)18(25-4)21(2,29)9-30-20/h10-20,24-29H,5-9,22-23H2,1-4H3/t10?,11?,12-,13?,14-,15?,16+,17+,18-,19?,20+,21?/m0/s1. The molecule has 194 valence electrons. The van der Waals surface area contributed by atoms with Gasteiger partial charge in [0.2, 0.25) is 0 Å². The number of rotatable bonds is 8. The molecule has 0 aromatic carbocycles. The number of nitrogens with two attached hydrogens (primary N) is 2. The highest BCUT2D eigenvalue weighted by Gasteiger charge is 2.48. The third-order valence-corrected chi connectivity index (χ3v) is 7.12. The van der Waals surface area contributed by atoms with Crippen molar-refractivity contribution in [3.63, 3.8) is 0 Å². The molecule has 2 heterocycles. The van der Waals surface area contributed by atoms with Crippen molar-refractivity contribution in [2.75, 3.05) is 20.7 Å². The van der Waals surface area contributed by atoms with Crippen LogP contribution in [0.4, 0.5) is 0 Å². The van der Waals surface area contributed by atoms with E-state index < -0.39 is 48.6 Å². The van der Waals surface area contributed by atoms with E-state index >= 15 is 0 Å². The summed E-state index contributed by atoms with van der Waals surface area (Å²) in [6, 6.07) is -1.48. The van der Waals surface area contributed by atoms with Gasteiger partial charge in [-0.15, -0.1) is 0 Å². The lowest BCUT2D eigenvalue weighted by molar-refractivity contribution is -0.294. The molecule has 0 spiro atoms. The Morgan fingerprint density at radius 2 is 1.82 bits per heavy atom. The van der Waals surface area contributed by atoms with Gasteiger partial charge in [0.15, 0.2) is 12.6 Å². The van der Waals surface area contributed by atoms with Gasteiger partial charge < -0.3 is 51.6 Å². The largest absolute Gasteiger partial charge is 0.390 e. The first-order chi connectivity index (χ1) is 15.6. The Hall–Kier alpha value is -0.480. The van der Waals surface area contributed by atoms with Crippen molar-refractivity contribution in [1.82, 2.24) is 16.1 Å². The Balaban J connectivity index is 1.51. The topological polar surface area (TPSA) is 186 Å². The summed E-state index contributed by atoms with van der Waals surface area (Å²) in [6.45, 7) is 3.61. The summed E-state index contributed by atoms with van der Waals surface area (Å²) in [6.07, 6.45) is -1.95. The number of hydrogen-bond donors (Lipinski definition) is 8. The van der Waals surface area contributed by atoms with Crippen LogP contribution in [0.1, 0.15) is 39.5 Å². The second-order valence-corrected chi connectivity index (χ2v) is 9.89. The summed E-state index contributed by atoms with van der Waals surface area (Å²) in [4.78, 5) is 5.78. The van der Waals surface area contributed by atoms with Gasteiger partial charge in [0.05, 0.1) is 30.9 Å². The van der Waals surface area contributed by atoms with E-state index in [0.29, 0.717) is 12.8 Å². The molecule has 12 nitrogen and oxygen atoms in total. The molecule has 0 bridgehead atoms. The van der Waals surface area contributed by atoms with Crippen molar-refractivity contribution in [2.24, 2.45) is 11.5 Å². The van der Waals surface area contributed by atoms with E-state index in [1.54, 1.807) is 14.0 Å². The van der Waals surface area contributed by atoms with Crippen molar-refractivity contribution in [3.05, 3.63) is 0 Å². The SMILES string of the molecule is CNC(C)C1CC[C@H](N)C(ONC2CC(N)[C@@H](O[C@H]3OCC(C)(O)[C@@H](NC)[C@H]3O)[C@@H](O)C2)O1. The van der Waals surface area contributed by atoms with E-state index in [9.17, 15) is 15.3 Å². The molecule has 12 atom stereocenters. The molecule has 0 aromatic rings. The fraction of sp³-hybridized carbons (Fsp3) is 1.00. The van der Waals surface area contributed by atoms with Gasteiger partial charge in [0, 0.05) is 18.1 Å². The summed E-state index contributed by atoms with van der Waals surface area (Å²) in [5.41, 5.74) is 14.2. The van der Waals surface area contributed by atoms with Gasteiger partial charge in [-0.25, -0.2) is 0 Å². The number of ether oxygens (including phenoxy) is 3. The minimum absolute atomic E-state index is 0.00252. The maximum atomic E-state index is 10.7. The Kier molecular flexibility index (Phi) is 9.45. The zero-order valence-corrected chi connectivity index (χ0v) is 20.0. The molecule has 0 radical (unpaired) electrons. The molecule has 10 N–H and O–H groups in total. The van der Waals surface area contributed by atoms with Crippen LogP contribution in [0, 0.1) is 0 Å². The van der Waals surface area contributed by atoms with E-state index in [4.69, 9.17) is 30.5 Å². The summed E-state index contributed by atoms with van der Waals surface area (Å²) in [7, 11) is 3.53. The first kappa shape index (κ1) is 27.1. The quantitative estimate of drug-likeness (QED) is 0.169. The molecule has 2 saturated heterocycles. The van der Waals surface area contributed by atoms with Crippen LogP contribution in [0.2, 0.25) is 0 Å². The molecule has 0 aromatic heterocycles. The van der Waals surface area contributed by atoms with Crippen LogP contribution in [0.5, 0.6) is 0 Å². The Bertz CT molecular complexity index is 606. The average Bonchev–Trinajstić information content (AvgIpc) is 2.76. The normalized spacial score (nSPS) is 47.9. The zero-order valence-electron chi connectivity index (χ0n) is 20.0. The minimum atomic E-state index is -1.25. The van der Waals surface area contributed by atoms with Crippen LogP contribution in [0.15, 0.2) is 0 Å². The zero-order chi connectivity index (χ0) is 24.3. The monoisotopic (exact) mass is 477 g/mol. The van der Waals surface area contributed by atoms with E-state index in [0.717, 1.165) is 12.8 Å². The van der Waals surface area contributed by atoms with E-state index in [1.807, 2.05) is 7.05 Å². The minimum Gasteiger partial charge on any atom is -0.390 e. The highest BCUT2D eigenvalue weighted by molar-refractivity contribution is 4.99. The Morgan fingerprint density at radius 3 is 2.45 bits per heavy atom. The van der Waals surface area contributed by atoms with Crippen molar-refractivity contribution < 1.29 is 34.4 Å². The third kappa shape index (κ3) is 6.40. The van der Waals surface area contributed by atoms with Crippen LogP contribution in [-0.2, 0) is 19.0 Å². The molecule has 3 fully saturated rings. The summed E-state index contributed by atoms with van der Waals surface area (Å²) in [5, 5.41) is 37.8. The maximum absolute atomic E-state index is 10.7. The Labute approximate surface area is 195 Å². The molecule has 3 rings (SSSR count). The van der Waals surface area contributed by atoms with Crippen LogP contribution in [0.3, 0.4) is 0 Å². The van der Waals surface area contributed by atoms with Crippen molar-refractivity contribution in [1.29, 1.82) is 0 Å². The van der Waals surface area contributed by atoms with Crippen LogP contribution >= 0.6 is 0 Å². The van der Waals surface area contributed by atoms with E-state index in [2.05, 4.69) is 23.0 Å². The maximum Gasteiger partial charge on any atom is 0.192 e. The lowest BCUT2D eigenvalue weighted by atomic mass is 9.86. The highest BCUT2D eigenvalue weighted by atomic mass is 16.8. The molecule has 3 aliphatic rings. The molecule has 1 aliphatic carbocycles. The van der Waals surface area contributed by atoms with Gasteiger partial charge in [0.1, 0.15) is 17.8 Å². The third-order valence-electron chi connectivity index (χ3n) is 7.12. The first-order valence-electron chi connectivity index (χ1n) is 11.8. The molecule has 33 heavy (non-hydrogen) atoms. The van der Waals surface area contributed by atoms with Crippen molar-refractivity contribution >= 4 is 0 Å².